The van der Waals surface area contributed by atoms with E-state index < -0.39 is 0 Å². The predicted octanol–water partition coefficient (Wildman–Crippen LogP) is 3.72. The highest BCUT2D eigenvalue weighted by Gasteiger charge is 2.20. The topological polar surface area (TPSA) is 101 Å². The summed E-state index contributed by atoms with van der Waals surface area (Å²) >= 11 is 0. The third-order valence-electron chi connectivity index (χ3n) is 6.24. The first kappa shape index (κ1) is 19.7. The van der Waals surface area contributed by atoms with E-state index in [1.165, 1.54) is 12.8 Å². The molecule has 1 aliphatic carbocycles. The van der Waals surface area contributed by atoms with E-state index in [9.17, 15) is 0 Å². The van der Waals surface area contributed by atoms with E-state index in [2.05, 4.69) is 25.5 Å². The van der Waals surface area contributed by atoms with Crippen molar-refractivity contribution >= 4 is 33.7 Å². The van der Waals surface area contributed by atoms with Gasteiger partial charge < -0.3 is 14.6 Å². The lowest BCUT2D eigenvalue weighted by atomic mass is 10.2. The molecule has 1 saturated carbocycles. The van der Waals surface area contributed by atoms with E-state index in [-0.39, 0.29) is 6.10 Å². The molecule has 0 aliphatic heterocycles. The number of aryl methyl sites for hydroxylation is 3. The molecule has 10 nitrogen and oxygen atoms in total. The number of fused-ring (bicyclic) bond motifs is 2. The molecule has 33 heavy (non-hydrogen) atoms. The van der Waals surface area contributed by atoms with Crippen molar-refractivity contribution in [3.8, 4) is 17.3 Å². The molecule has 1 fully saturated rings. The van der Waals surface area contributed by atoms with Crippen molar-refractivity contribution in [3.63, 3.8) is 0 Å². The molecule has 6 rings (SSSR count). The van der Waals surface area contributed by atoms with Gasteiger partial charge in [-0.05, 0) is 31.7 Å². The first-order valence-corrected chi connectivity index (χ1v) is 11.1. The molecule has 168 valence electrons. The van der Waals surface area contributed by atoms with Crippen LogP contribution in [0.1, 0.15) is 25.7 Å². The predicted molar refractivity (Wildman–Crippen MR) is 125 cm³/mol. The van der Waals surface area contributed by atoms with Gasteiger partial charge in [-0.15, -0.1) is 0 Å². The fourth-order valence-corrected chi connectivity index (χ4v) is 4.43. The second kappa shape index (κ2) is 7.58. The van der Waals surface area contributed by atoms with Crippen LogP contribution in [0.3, 0.4) is 0 Å². The van der Waals surface area contributed by atoms with Crippen LogP contribution in [0, 0.1) is 0 Å². The monoisotopic (exact) mass is 443 g/mol. The molecular weight excluding hydrogens is 418 g/mol. The molecule has 0 atom stereocenters. The van der Waals surface area contributed by atoms with Gasteiger partial charge in [-0.25, -0.2) is 15.0 Å². The summed E-state index contributed by atoms with van der Waals surface area (Å²) in [6.07, 6.45) is 10.5. The van der Waals surface area contributed by atoms with Gasteiger partial charge in [0.1, 0.15) is 28.7 Å². The average Bonchev–Trinajstić information content (AvgIpc) is 3.59. The zero-order chi connectivity index (χ0) is 22.5. The maximum absolute atomic E-state index is 6.35. The molecule has 1 N–H and O–H groups in total. The van der Waals surface area contributed by atoms with E-state index in [0.717, 1.165) is 46.5 Å². The zero-order valence-corrected chi connectivity index (χ0v) is 18.9. The summed E-state index contributed by atoms with van der Waals surface area (Å²) in [6.45, 7) is 0. The second-order valence-corrected chi connectivity index (χ2v) is 8.60. The Kier molecular flexibility index (Phi) is 4.53. The van der Waals surface area contributed by atoms with E-state index >= 15 is 0 Å². The molecule has 5 heterocycles. The third-order valence-corrected chi connectivity index (χ3v) is 6.24. The lowest BCUT2D eigenvalue weighted by Gasteiger charge is -2.15. The van der Waals surface area contributed by atoms with Gasteiger partial charge in [-0.2, -0.15) is 10.2 Å². The van der Waals surface area contributed by atoms with Crippen molar-refractivity contribution in [3.05, 3.63) is 36.8 Å². The Bertz CT molecular complexity index is 1470. The summed E-state index contributed by atoms with van der Waals surface area (Å²) in [7, 11) is 5.74. The second-order valence-electron chi connectivity index (χ2n) is 8.60. The van der Waals surface area contributed by atoms with Gasteiger partial charge in [0.25, 0.3) is 0 Å². The minimum Gasteiger partial charge on any atom is -0.489 e. The Morgan fingerprint density at radius 2 is 1.85 bits per heavy atom. The van der Waals surface area contributed by atoms with E-state index in [1.807, 2.05) is 62.5 Å². The largest absolute Gasteiger partial charge is 0.489 e. The minimum atomic E-state index is 0.247. The molecule has 0 unspecified atom stereocenters. The Balaban J connectivity index is 1.34. The van der Waals surface area contributed by atoms with Gasteiger partial charge in [0, 0.05) is 51.1 Å². The lowest BCUT2D eigenvalue weighted by Crippen LogP contribution is -2.11. The van der Waals surface area contributed by atoms with Gasteiger partial charge in [-0.3, -0.25) is 9.36 Å². The van der Waals surface area contributed by atoms with Crippen LogP contribution in [0.25, 0.3) is 33.6 Å². The number of ether oxygens (including phenoxy) is 1. The maximum Gasteiger partial charge on any atom is 0.182 e. The number of aromatic nitrogens is 8. The summed E-state index contributed by atoms with van der Waals surface area (Å²) in [5.74, 6) is 2.84. The zero-order valence-electron chi connectivity index (χ0n) is 18.9. The number of pyridine rings is 1. The normalized spacial score (nSPS) is 14.5. The number of rotatable bonds is 5. The first-order valence-electron chi connectivity index (χ1n) is 11.1. The van der Waals surface area contributed by atoms with Crippen molar-refractivity contribution in [2.45, 2.75) is 31.8 Å². The summed E-state index contributed by atoms with van der Waals surface area (Å²) < 4.78 is 11.9. The number of nitrogens with one attached hydrogen (secondary N) is 1. The van der Waals surface area contributed by atoms with Crippen LogP contribution in [0.5, 0.6) is 5.75 Å². The van der Waals surface area contributed by atoms with Crippen LogP contribution in [-0.4, -0.2) is 45.2 Å². The molecule has 0 saturated heterocycles. The van der Waals surface area contributed by atoms with Crippen LogP contribution in [0.2, 0.25) is 0 Å². The number of nitrogens with zero attached hydrogens (tertiary/aromatic N) is 8. The molecule has 0 spiro atoms. The standard InChI is InChI=1S/C23H25N9O/c1-30-9-8-14-12-24-21(28-22(14)30)17-10-20(31(2)29-17)26-19-11-18(33-15-6-4-5-7-15)16-13-25-32(3)23(16)27-19/h8-13,15H,4-7H2,1-3H3,(H,26,27). The summed E-state index contributed by atoms with van der Waals surface area (Å²) in [5, 5.41) is 14.3. The Morgan fingerprint density at radius 3 is 2.70 bits per heavy atom. The Hall–Kier alpha value is -3.95. The van der Waals surface area contributed by atoms with Gasteiger partial charge in [0.2, 0.25) is 0 Å². The highest BCUT2D eigenvalue weighted by molar-refractivity contribution is 5.84. The van der Waals surface area contributed by atoms with Gasteiger partial charge in [0.15, 0.2) is 11.5 Å². The SMILES string of the molecule is Cn1nc(-c2ncc3ccn(C)c3n2)cc1Nc1cc(OC2CCCC2)c2cnn(C)c2n1. The van der Waals surface area contributed by atoms with Crippen LogP contribution in [-0.2, 0) is 21.1 Å². The summed E-state index contributed by atoms with van der Waals surface area (Å²) in [5.41, 5.74) is 2.33. The molecule has 5 aromatic rings. The molecule has 0 amide bonds. The lowest BCUT2D eigenvalue weighted by molar-refractivity contribution is 0.213. The van der Waals surface area contributed by atoms with Crippen LogP contribution in [0.15, 0.2) is 36.8 Å². The van der Waals surface area contributed by atoms with E-state index in [4.69, 9.17) is 9.72 Å². The molecule has 10 heteroatoms. The molecule has 0 aromatic carbocycles. The number of anilines is 2. The Morgan fingerprint density at radius 1 is 1.00 bits per heavy atom. The third kappa shape index (κ3) is 3.47. The maximum atomic E-state index is 6.35. The van der Waals surface area contributed by atoms with Crippen molar-refractivity contribution in [2.75, 3.05) is 5.32 Å². The smallest absolute Gasteiger partial charge is 0.182 e. The molecule has 0 bridgehead atoms. The van der Waals surface area contributed by atoms with Crippen molar-refractivity contribution < 1.29 is 4.74 Å². The quantitative estimate of drug-likeness (QED) is 0.442. The minimum absolute atomic E-state index is 0.247. The number of hydrogen-bond acceptors (Lipinski definition) is 7. The van der Waals surface area contributed by atoms with Crippen LogP contribution >= 0.6 is 0 Å². The fraction of sp³-hybridized carbons (Fsp3) is 0.348. The van der Waals surface area contributed by atoms with Crippen molar-refractivity contribution in [1.82, 2.24) is 39.1 Å². The van der Waals surface area contributed by atoms with E-state index in [0.29, 0.717) is 17.3 Å². The Labute approximate surface area is 190 Å². The van der Waals surface area contributed by atoms with Crippen LogP contribution < -0.4 is 10.1 Å². The summed E-state index contributed by atoms with van der Waals surface area (Å²) in [6, 6.07) is 5.87. The molecular formula is C23H25N9O. The van der Waals surface area contributed by atoms with Gasteiger partial charge >= 0.3 is 0 Å². The summed E-state index contributed by atoms with van der Waals surface area (Å²) in [4.78, 5) is 13.9. The molecule has 5 aromatic heterocycles. The van der Waals surface area contributed by atoms with Gasteiger partial charge in [-0.1, -0.05) is 0 Å². The fourth-order valence-electron chi connectivity index (χ4n) is 4.43. The van der Waals surface area contributed by atoms with E-state index in [1.54, 1.807) is 9.36 Å². The first-order chi connectivity index (χ1) is 16.0. The molecule has 0 radical (unpaired) electrons. The van der Waals surface area contributed by atoms with Crippen LogP contribution in [0.4, 0.5) is 11.6 Å². The van der Waals surface area contributed by atoms with Crippen molar-refractivity contribution in [1.29, 1.82) is 0 Å². The van der Waals surface area contributed by atoms with Crippen molar-refractivity contribution in [2.24, 2.45) is 21.1 Å². The molecule has 1 aliphatic rings. The number of hydrogen-bond donors (Lipinski definition) is 1. The highest BCUT2D eigenvalue weighted by Crippen LogP contribution is 2.32. The average molecular weight is 444 g/mol. The highest BCUT2D eigenvalue weighted by atomic mass is 16.5. The van der Waals surface area contributed by atoms with Gasteiger partial charge in [0.05, 0.1) is 17.7 Å².